The Labute approximate surface area is 136 Å². The number of nitrogens with zero attached hydrogens (tertiary/aromatic N) is 5. The van der Waals surface area contributed by atoms with Gasteiger partial charge < -0.3 is 10.4 Å². The number of anilines is 1. The smallest absolute Gasteiger partial charge is 0.325 e. The van der Waals surface area contributed by atoms with Crippen LogP contribution in [0.1, 0.15) is 30.2 Å². The number of fused-ring (bicyclic) bond motifs is 1. The number of pyridine rings is 1. The number of nitrogens with one attached hydrogen (secondary N) is 1. The second-order valence-electron chi connectivity index (χ2n) is 5.59. The summed E-state index contributed by atoms with van der Waals surface area (Å²) in [7, 11) is 0. The van der Waals surface area contributed by atoms with Crippen LogP contribution >= 0.6 is 0 Å². The summed E-state index contributed by atoms with van der Waals surface area (Å²) >= 11 is 0. The lowest BCUT2D eigenvalue weighted by molar-refractivity contribution is -0.137. The lowest BCUT2D eigenvalue weighted by Gasteiger charge is -2.06. The van der Waals surface area contributed by atoms with E-state index in [9.17, 15) is 9.59 Å². The predicted octanol–water partition coefficient (Wildman–Crippen LogP) is 1.55. The average Bonchev–Trinajstić information content (AvgIpc) is 3.12. The largest absolute Gasteiger partial charge is 0.480 e. The van der Waals surface area contributed by atoms with Crippen LogP contribution in [0.15, 0.2) is 30.9 Å². The summed E-state index contributed by atoms with van der Waals surface area (Å²) < 4.78 is 3.01. The standard InChI is InChI=1S/C15H16N6O3/c1-9(2)21-14-10(5-18-21)3-11(4-16-14)15(24)19-12-6-17-20(7-12)8-13(22)23/h3-7,9H,8H2,1-2H3,(H,19,24)(H,22,23). The molecule has 0 saturated carbocycles. The molecule has 0 fully saturated rings. The van der Waals surface area contributed by atoms with Crippen molar-refractivity contribution in [2.24, 2.45) is 0 Å². The van der Waals surface area contributed by atoms with Gasteiger partial charge in [0, 0.05) is 23.8 Å². The molecule has 0 aliphatic carbocycles. The number of carboxylic acids is 1. The lowest BCUT2D eigenvalue weighted by Crippen LogP contribution is -2.12. The van der Waals surface area contributed by atoms with E-state index < -0.39 is 5.97 Å². The molecule has 9 nitrogen and oxygen atoms in total. The number of rotatable bonds is 5. The summed E-state index contributed by atoms with van der Waals surface area (Å²) in [4.78, 5) is 27.2. The molecular weight excluding hydrogens is 312 g/mol. The second kappa shape index (κ2) is 6.11. The van der Waals surface area contributed by atoms with E-state index in [2.05, 4.69) is 20.5 Å². The topological polar surface area (TPSA) is 115 Å². The third-order valence-electron chi connectivity index (χ3n) is 3.37. The highest BCUT2D eigenvalue weighted by Crippen LogP contribution is 2.17. The average molecular weight is 328 g/mol. The van der Waals surface area contributed by atoms with Gasteiger partial charge in [0.2, 0.25) is 0 Å². The number of aliphatic carboxylic acids is 1. The summed E-state index contributed by atoms with van der Waals surface area (Å²) in [5.74, 6) is -1.36. The first-order valence-corrected chi connectivity index (χ1v) is 7.33. The zero-order chi connectivity index (χ0) is 17.3. The number of carbonyl (C=O) groups excluding carboxylic acids is 1. The molecule has 0 bridgehead atoms. The molecular formula is C15H16N6O3. The summed E-state index contributed by atoms with van der Waals surface area (Å²) in [5.41, 5.74) is 1.52. The first-order chi connectivity index (χ1) is 11.4. The van der Waals surface area contributed by atoms with E-state index >= 15 is 0 Å². The number of hydrogen-bond donors (Lipinski definition) is 2. The van der Waals surface area contributed by atoms with E-state index in [0.29, 0.717) is 11.3 Å². The molecule has 9 heteroatoms. The Hall–Kier alpha value is -3.23. The molecule has 2 N–H and O–H groups in total. The highest BCUT2D eigenvalue weighted by Gasteiger charge is 2.13. The van der Waals surface area contributed by atoms with E-state index in [1.54, 1.807) is 16.9 Å². The van der Waals surface area contributed by atoms with E-state index in [1.807, 2.05) is 13.8 Å². The van der Waals surface area contributed by atoms with Gasteiger partial charge in [-0.1, -0.05) is 0 Å². The zero-order valence-electron chi connectivity index (χ0n) is 13.2. The molecule has 3 rings (SSSR count). The minimum absolute atomic E-state index is 0.176. The van der Waals surface area contributed by atoms with Crippen molar-refractivity contribution in [2.75, 3.05) is 5.32 Å². The quantitative estimate of drug-likeness (QED) is 0.734. The first-order valence-electron chi connectivity index (χ1n) is 7.33. The predicted molar refractivity (Wildman–Crippen MR) is 85.7 cm³/mol. The van der Waals surface area contributed by atoms with Gasteiger partial charge in [-0.25, -0.2) is 9.67 Å². The van der Waals surface area contributed by atoms with Gasteiger partial charge in [-0.05, 0) is 19.9 Å². The van der Waals surface area contributed by atoms with Crippen LogP contribution in [0.3, 0.4) is 0 Å². The van der Waals surface area contributed by atoms with Crippen LogP contribution in [0.25, 0.3) is 11.0 Å². The van der Waals surface area contributed by atoms with Crippen molar-refractivity contribution in [3.63, 3.8) is 0 Å². The zero-order valence-corrected chi connectivity index (χ0v) is 13.2. The summed E-state index contributed by atoms with van der Waals surface area (Å²) in [6, 6.07) is 1.89. The minimum Gasteiger partial charge on any atom is -0.480 e. The SMILES string of the molecule is CC(C)n1ncc2cc(C(=O)Nc3cnn(CC(=O)O)c3)cnc21. The highest BCUT2D eigenvalue weighted by atomic mass is 16.4. The Balaban J connectivity index is 1.78. The van der Waals surface area contributed by atoms with Crippen LogP contribution in [0.5, 0.6) is 0 Å². The molecule has 0 aliphatic rings. The summed E-state index contributed by atoms with van der Waals surface area (Å²) in [6.07, 6.45) is 6.00. The van der Waals surface area contributed by atoms with Gasteiger partial charge in [0.1, 0.15) is 6.54 Å². The molecule has 24 heavy (non-hydrogen) atoms. The van der Waals surface area contributed by atoms with Crippen LogP contribution in [0.4, 0.5) is 5.69 Å². The normalized spacial score (nSPS) is 11.1. The second-order valence-corrected chi connectivity index (χ2v) is 5.59. The summed E-state index contributed by atoms with van der Waals surface area (Å²) in [6.45, 7) is 3.74. The number of aromatic nitrogens is 5. The Morgan fingerprint density at radius 2 is 2.04 bits per heavy atom. The molecule has 0 aromatic carbocycles. The molecule has 3 aromatic heterocycles. The van der Waals surface area contributed by atoms with Gasteiger partial charge in [0.15, 0.2) is 5.65 Å². The number of carbonyl (C=O) groups is 2. The highest BCUT2D eigenvalue weighted by molar-refractivity contribution is 6.05. The van der Waals surface area contributed by atoms with Gasteiger partial charge >= 0.3 is 5.97 Å². The van der Waals surface area contributed by atoms with Crippen molar-refractivity contribution in [1.29, 1.82) is 0 Å². The van der Waals surface area contributed by atoms with Gasteiger partial charge in [-0.3, -0.25) is 14.3 Å². The molecule has 3 heterocycles. The van der Waals surface area contributed by atoms with Gasteiger partial charge in [0.05, 0.1) is 23.6 Å². The molecule has 0 aliphatic heterocycles. The number of carboxylic acid groups (broad SMARTS) is 1. The van der Waals surface area contributed by atoms with Crippen LogP contribution < -0.4 is 5.32 Å². The van der Waals surface area contributed by atoms with Crippen LogP contribution in [-0.2, 0) is 11.3 Å². The Kier molecular flexibility index (Phi) is 3.98. The first kappa shape index (κ1) is 15.7. The van der Waals surface area contributed by atoms with Crippen molar-refractivity contribution < 1.29 is 14.7 Å². The molecule has 0 spiro atoms. The maximum absolute atomic E-state index is 12.3. The van der Waals surface area contributed by atoms with Crippen molar-refractivity contribution in [3.05, 3.63) is 36.4 Å². The molecule has 0 radical (unpaired) electrons. The Morgan fingerprint density at radius 1 is 1.25 bits per heavy atom. The van der Waals surface area contributed by atoms with Gasteiger partial charge in [0.25, 0.3) is 5.91 Å². The molecule has 0 saturated heterocycles. The third kappa shape index (κ3) is 3.09. The van der Waals surface area contributed by atoms with Crippen molar-refractivity contribution in [3.8, 4) is 0 Å². The van der Waals surface area contributed by atoms with Crippen molar-refractivity contribution in [2.45, 2.75) is 26.4 Å². The fraction of sp³-hybridized carbons (Fsp3) is 0.267. The molecule has 0 atom stereocenters. The fourth-order valence-electron chi connectivity index (χ4n) is 2.30. The van der Waals surface area contributed by atoms with Gasteiger partial charge in [-0.2, -0.15) is 10.2 Å². The van der Waals surface area contributed by atoms with E-state index in [0.717, 1.165) is 11.0 Å². The minimum atomic E-state index is -1.01. The molecule has 1 amide bonds. The number of hydrogen-bond acceptors (Lipinski definition) is 5. The maximum Gasteiger partial charge on any atom is 0.325 e. The molecule has 124 valence electrons. The van der Waals surface area contributed by atoms with Crippen LogP contribution in [0, 0.1) is 0 Å². The van der Waals surface area contributed by atoms with Crippen molar-refractivity contribution >= 4 is 28.6 Å². The monoisotopic (exact) mass is 328 g/mol. The van der Waals surface area contributed by atoms with E-state index in [-0.39, 0.29) is 18.5 Å². The van der Waals surface area contributed by atoms with Gasteiger partial charge in [-0.15, -0.1) is 0 Å². The van der Waals surface area contributed by atoms with Crippen molar-refractivity contribution in [1.82, 2.24) is 24.5 Å². The van der Waals surface area contributed by atoms with E-state index in [4.69, 9.17) is 5.11 Å². The summed E-state index contributed by atoms with van der Waals surface area (Å²) in [5, 5.41) is 20.3. The molecule has 0 unspecified atom stereocenters. The Bertz CT molecular complexity index is 911. The Morgan fingerprint density at radius 3 is 2.75 bits per heavy atom. The fourth-order valence-corrected chi connectivity index (χ4v) is 2.30. The van der Waals surface area contributed by atoms with Crippen LogP contribution in [0.2, 0.25) is 0 Å². The lowest BCUT2D eigenvalue weighted by atomic mass is 10.2. The maximum atomic E-state index is 12.3. The number of amides is 1. The third-order valence-corrected chi connectivity index (χ3v) is 3.37. The molecule has 3 aromatic rings. The van der Waals surface area contributed by atoms with E-state index in [1.165, 1.54) is 23.3 Å². The van der Waals surface area contributed by atoms with Crippen LogP contribution in [-0.4, -0.2) is 41.5 Å².